The van der Waals surface area contributed by atoms with E-state index in [1.807, 2.05) is 5.32 Å². The fourth-order valence-electron chi connectivity index (χ4n) is 1.90. The third-order valence-electron chi connectivity index (χ3n) is 3.30. The molecule has 18 heavy (non-hydrogen) atoms. The number of aliphatic hydroxyl groups excluding tert-OH is 1. The molecular formula is C10H16F3NO4. The quantitative estimate of drug-likeness (QED) is 0.770. The average Bonchev–Trinajstić information content (AvgIpc) is 2.23. The van der Waals surface area contributed by atoms with Crippen LogP contribution in [0.3, 0.4) is 0 Å². The first-order valence-corrected chi connectivity index (χ1v) is 5.37. The van der Waals surface area contributed by atoms with Crippen molar-refractivity contribution in [3.05, 3.63) is 0 Å². The molecule has 0 aromatic carbocycles. The number of alkyl halides is 3. The van der Waals surface area contributed by atoms with E-state index in [-0.39, 0.29) is 6.42 Å². The van der Waals surface area contributed by atoms with Gasteiger partial charge in [0.2, 0.25) is 0 Å². The van der Waals surface area contributed by atoms with Crippen molar-refractivity contribution in [2.24, 2.45) is 0 Å². The summed E-state index contributed by atoms with van der Waals surface area (Å²) in [6.07, 6.45) is -7.04. The zero-order valence-electron chi connectivity index (χ0n) is 10.2. The van der Waals surface area contributed by atoms with Crippen molar-refractivity contribution in [1.82, 2.24) is 5.32 Å². The molecule has 0 bridgehead atoms. The molecule has 0 aliphatic carbocycles. The van der Waals surface area contributed by atoms with Crippen molar-refractivity contribution in [3.63, 3.8) is 0 Å². The highest BCUT2D eigenvalue weighted by atomic mass is 19.4. The van der Waals surface area contributed by atoms with Crippen LogP contribution in [0.25, 0.3) is 0 Å². The fourth-order valence-corrected chi connectivity index (χ4v) is 1.90. The molecule has 1 heterocycles. The Hall–Kier alpha value is -0.860. The summed E-state index contributed by atoms with van der Waals surface area (Å²) in [5.74, 6) is -2.06. The van der Waals surface area contributed by atoms with Crippen molar-refractivity contribution >= 4 is 5.91 Å². The second kappa shape index (κ2) is 5.02. The van der Waals surface area contributed by atoms with Gasteiger partial charge in [0, 0.05) is 13.5 Å². The van der Waals surface area contributed by atoms with Gasteiger partial charge in [-0.3, -0.25) is 4.79 Å². The summed E-state index contributed by atoms with van der Waals surface area (Å²) in [6.45, 7) is 3.07. The molecule has 0 unspecified atom stereocenters. The van der Waals surface area contributed by atoms with Gasteiger partial charge >= 0.3 is 12.1 Å². The average molecular weight is 271 g/mol. The van der Waals surface area contributed by atoms with E-state index < -0.39 is 36.1 Å². The van der Waals surface area contributed by atoms with Crippen molar-refractivity contribution in [2.45, 2.75) is 50.5 Å². The molecule has 1 rings (SSSR count). The van der Waals surface area contributed by atoms with E-state index in [0.29, 0.717) is 0 Å². The van der Waals surface area contributed by atoms with Gasteiger partial charge < -0.3 is 19.9 Å². The summed E-state index contributed by atoms with van der Waals surface area (Å²) in [6, 6.07) is -0.990. The van der Waals surface area contributed by atoms with E-state index in [9.17, 15) is 23.1 Å². The molecule has 106 valence electrons. The van der Waals surface area contributed by atoms with E-state index in [4.69, 9.17) is 9.47 Å². The van der Waals surface area contributed by atoms with Crippen LogP contribution in [0.2, 0.25) is 0 Å². The SMILES string of the molecule is CO[C@]1(C)[C@@H](NC(=O)C(F)(F)F)C[C@@H](O)O[C@@H]1C. The van der Waals surface area contributed by atoms with Crippen molar-refractivity contribution in [1.29, 1.82) is 0 Å². The van der Waals surface area contributed by atoms with Crippen LogP contribution in [0, 0.1) is 0 Å². The van der Waals surface area contributed by atoms with Gasteiger partial charge in [0.1, 0.15) is 5.60 Å². The Kier molecular flexibility index (Phi) is 4.24. The number of halogens is 3. The molecule has 0 radical (unpaired) electrons. The highest BCUT2D eigenvalue weighted by molar-refractivity contribution is 5.82. The third-order valence-corrected chi connectivity index (χ3v) is 3.30. The first kappa shape index (κ1) is 15.2. The largest absolute Gasteiger partial charge is 0.471 e. The van der Waals surface area contributed by atoms with Gasteiger partial charge in [-0.05, 0) is 13.8 Å². The van der Waals surface area contributed by atoms with Crippen LogP contribution in [0.4, 0.5) is 13.2 Å². The van der Waals surface area contributed by atoms with Gasteiger partial charge in [-0.25, -0.2) is 0 Å². The van der Waals surface area contributed by atoms with E-state index in [1.54, 1.807) is 6.92 Å². The summed E-state index contributed by atoms with van der Waals surface area (Å²) in [7, 11) is 1.31. The number of aliphatic hydroxyl groups is 1. The van der Waals surface area contributed by atoms with E-state index >= 15 is 0 Å². The Balaban J connectivity index is 2.86. The Bertz CT molecular complexity index is 323. The van der Waals surface area contributed by atoms with Crippen LogP contribution in [-0.2, 0) is 14.3 Å². The van der Waals surface area contributed by atoms with E-state index in [0.717, 1.165) is 0 Å². The first-order chi connectivity index (χ1) is 8.11. The molecule has 1 saturated heterocycles. The van der Waals surface area contributed by atoms with Crippen LogP contribution in [0.1, 0.15) is 20.3 Å². The molecule has 0 spiro atoms. The lowest BCUT2D eigenvalue weighted by atomic mass is 9.85. The van der Waals surface area contributed by atoms with E-state index in [2.05, 4.69) is 0 Å². The van der Waals surface area contributed by atoms with E-state index in [1.165, 1.54) is 14.0 Å². The normalized spacial score (nSPS) is 37.4. The summed E-state index contributed by atoms with van der Waals surface area (Å²) in [5, 5.41) is 11.2. The predicted molar refractivity (Wildman–Crippen MR) is 54.6 cm³/mol. The molecule has 1 aliphatic rings. The minimum absolute atomic E-state index is 0.170. The standard InChI is InChI=1S/C10H16F3NO4/c1-5-9(2,17-3)6(4-7(15)18-5)14-8(16)10(11,12)13/h5-7,15H,4H2,1-3H3,(H,14,16)/t5-,6+,7+,9+/m1/s1. The molecule has 1 amide bonds. The summed E-state index contributed by atoms with van der Waals surface area (Å²) in [4.78, 5) is 10.9. The molecule has 5 nitrogen and oxygen atoms in total. The Morgan fingerprint density at radius 3 is 2.56 bits per heavy atom. The highest BCUT2D eigenvalue weighted by Gasteiger charge is 2.50. The maximum atomic E-state index is 12.2. The maximum absolute atomic E-state index is 12.2. The second-order valence-electron chi connectivity index (χ2n) is 4.38. The summed E-state index contributed by atoms with van der Waals surface area (Å²) < 4.78 is 46.9. The predicted octanol–water partition coefficient (Wildman–Crippen LogP) is 0.566. The Morgan fingerprint density at radius 1 is 1.56 bits per heavy atom. The van der Waals surface area contributed by atoms with Crippen molar-refractivity contribution in [2.75, 3.05) is 7.11 Å². The number of hydrogen-bond acceptors (Lipinski definition) is 4. The maximum Gasteiger partial charge on any atom is 0.471 e. The zero-order valence-corrected chi connectivity index (χ0v) is 10.2. The number of rotatable bonds is 2. The number of carbonyl (C=O) groups is 1. The fraction of sp³-hybridized carbons (Fsp3) is 0.900. The van der Waals surface area contributed by atoms with Crippen LogP contribution < -0.4 is 5.32 Å². The lowest BCUT2D eigenvalue weighted by Crippen LogP contribution is -2.64. The molecule has 0 aromatic rings. The van der Waals surface area contributed by atoms with Gasteiger partial charge in [0.25, 0.3) is 0 Å². The van der Waals surface area contributed by atoms with Crippen molar-refractivity contribution < 1.29 is 32.5 Å². The lowest BCUT2D eigenvalue weighted by Gasteiger charge is -2.46. The van der Waals surface area contributed by atoms with Gasteiger partial charge in [0.15, 0.2) is 6.29 Å². The van der Waals surface area contributed by atoms with Gasteiger partial charge in [-0.2, -0.15) is 13.2 Å². The van der Waals surface area contributed by atoms with Crippen molar-refractivity contribution in [3.8, 4) is 0 Å². The van der Waals surface area contributed by atoms with Crippen LogP contribution in [0.15, 0.2) is 0 Å². The van der Waals surface area contributed by atoms with Gasteiger partial charge in [-0.15, -0.1) is 0 Å². The Morgan fingerprint density at radius 2 is 2.11 bits per heavy atom. The molecular weight excluding hydrogens is 255 g/mol. The number of nitrogens with one attached hydrogen (secondary N) is 1. The summed E-state index contributed by atoms with van der Waals surface area (Å²) >= 11 is 0. The van der Waals surface area contributed by atoms with Crippen LogP contribution in [-0.4, -0.2) is 48.3 Å². The monoisotopic (exact) mass is 271 g/mol. The third kappa shape index (κ3) is 2.93. The van der Waals surface area contributed by atoms with Crippen LogP contribution in [0.5, 0.6) is 0 Å². The van der Waals surface area contributed by atoms with Gasteiger partial charge in [0.05, 0.1) is 12.1 Å². The number of carbonyl (C=O) groups excluding carboxylic acids is 1. The molecule has 4 atom stereocenters. The number of hydrogen-bond donors (Lipinski definition) is 2. The lowest BCUT2D eigenvalue weighted by molar-refractivity contribution is -0.245. The minimum atomic E-state index is -4.97. The number of amides is 1. The number of methoxy groups -OCH3 is 1. The first-order valence-electron chi connectivity index (χ1n) is 5.37. The molecule has 1 aliphatic heterocycles. The second-order valence-corrected chi connectivity index (χ2v) is 4.38. The molecule has 0 saturated carbocycles. The van der Waals surface area contributed by atoms with Gasteiger partial charge in [-0.1, -0.05) is 0 Å². The Labute approximate surface area is 102 Å². The molecule has 2 N–H and O–H groups in total. The number of ether oxygens (including phenoxy) is 2. The molecule has 1 fully saturated rings. The smallest absolute Gasteiger partial charge is 0.374 e. The zero-order chi connectivity index (χ0) is 14.1. The highest BCUT2D eigenvalue weighted by Crippen LogP contribution is 2.31. The topological polar surface area (TPSA) is 67.8 Å². The molecule has 0 aromatic heterocycles. The molecule has 8 heteroatoms. The minimum Gasteiger partial charge on any atom is -0.374 e. The summed E-state index contributed by atoms with van der Waals surface area (Å²) in [5.41, 5.74) is -1.14. The van der Waals surface area contributed by atoms with Crippen LogP contribution >= 0.6 is 0 Å².